The molecule has 0 N–H and O–H groups in total. The first-order chi connectivity index (χ1) is 10.3. The van der Waals surface area contributed by atoms with Gasteiger partial charge in [0.15, 0.2) is 0 Å². The van der Waals surface area contributed by atoms with Gasteiger partial charge in [-0.3, -0.25) is 0 Å². The van der Waals surface area contributed by atoms with Gasteiger partial charge in [0.1, 0.15) is 0 Å². The number of nitroso groups, excluding NO2 is 1. The van der Waals surface area contributed by atoms with E-state index in [0.717, 1.165) is 12.8 Å². The summed E-state index contributed by atoms with van der Waals surface area (Å²) in [7, 11) is 0. The fourth-order valence-corrected chi connectivity index (χ4v) is 2.92. The first-order valence-corrected chi connectivity index (χ1v) is 9.67. The molecule has 0 rings (SSSR count). The molecule has 0 heterocycles. The Morgan fingerprint density at radius 1 is 0.571 bits per heavy atom. The van der Waals surface area contributed by atoms with Crippen LogP contribution in [0.25, 0.3) is 0 Å². The number of unbranched alkanes of at least 4 members (excludes halogenated alkanes) is 12. The van der Waals surface area contributed by atoms with Crippen molar-refractivity contribution in [1.82, 2.24) is 0 Å². The first kappa shape index (κ1) is 20.6. The van der Waals surface area contributed by atoms with Crippen LogP contribution >= 0.6 is 0 Å². The monoisotopic (exact) mass is 297 g/mol. The highest BCUT2D eigenvalue weighted by Crippen LogP contribution is 2.16. The highest BCUT2D eigenvalue weighted by Gasteiger charge is 2.07. The van der Waals surface area contributed by atoms with Crippen LogP contribution in [0, 0.1) is 4.91 Å². The van der Waals surface area contributed by atoms with Crippen LogP contribution in [-0.2, 0) is 0 Å². The van der Waals surface area contributed by atoms with E-state index in [-0.39, 0.29) is 6.04 Å². The van der Waals surface area contributed by atoms with Crippen molar-refractivity contribution in [2.75, 3.05) is 0 Å². The lowest BCUT2D eigenvalue weighted by Gasteiger charge is -2.09. The molecular formula is C19H39NO. The lowest BCUT2D eigenvalue weighted by atomic mass is 10.0. The molecule has 0 fully saturated rings. The molecule has 21 heavy (non-hydrogen) atoms. The summed E-state index contributed by atoms with van der Waals surface area (Å²) >= 11 is 0. The minimum Gasteiger partial charge on any atom is -0.151 e. The normalized spacial score (nSPS) is 11.2. The topological polar surface area (TPSA) is 29.4 Å². The third-order valence-electron chi connectivity index (χ3n) is 4.43. The predicted octanol–water partition coefficient (Wildman–Crippen LogP) is 7.40. The Balaban J connectivity index is 3.31. The maximum atomic E-state index is 10.9. The highest BCUT2D eigenvalue weighted by atomic mass is 16.3. The summed E-state index contributed by atoms with van der Waals surface area (Å²) in [6.45, 7) is 4.51. The van der Waals surface area contributed by atoms with E-state index in [0.29, 0.717) is 0 Å². The molecule has 0 aromatic rings. The Hall–Kier alpha value is -0.400. The summed E-state index contributed by atoms with van der Waals surface area (Å²) < 4.78 is 0. The van der Waals surface area contributed by atoms with E-state index in [4.69, 9.17) is 0 Å². The van der Waals surface area contributed by atoms with E-state index in [9.17, 15) is 4.91 Å². The van der Waals surface area contributed by atoms with Crippen molar-refractivity contribution in [3.8, 4) is 0 Å². The fraction of sp³-hybridized carbons (Fsp3) is 1.00. The Kier molecular flexibility index (Phi) is 17.3. The summed E-state index contributed by atoms with van der Waals surface area (Å²) in [4.78, 5) is 10.9. The van der Waals surface area contributed by atoms with Crippen molar-refractivity contribution < 1.29 is 0 Å². The summed E-state index contributed by atoms with van der Waals surface area (Å²) in [6, 6.07) is 0.0938. The van der Waals surface area contributed by atoms with Gasteiger partial charge in [-0.05, 0) is 12.8 Å². The quantitative estimate of drug-likeness (QED) is 0.203. The molecule has 0 unspecified atom stereocenters. The third-order valence-corrected chi connectivity index (χ3v) is 4.43. The maximum Gasteiger partial charge on any atom is 0.0919 e. The summed E-state index contributed by atoms with van der Waals surface area (Å²) in [5.41, 5.74) is 0. The van der Waals surface area contributed by atoms with Gasteiger partial charge in [0.25, 0.3) is 0 Å². The Labute approximate surface area is 133 Å². The van der Waals surface area contributed by atoms with Crippen LogP contribution in [0.2, 0.25) is 0 Å². The van der Waals surface area contributed by atoms with Gasteiger partial charge in [0, 0.05) is 0 Å². The second kappa shape index (κ2) is 17.7. The summed E-state index contributed by atoms with van der Waals surface area (Å²) in [6.07, 6.45) is 20.5. The van der Waals surface area contributed by atoms with Gasteiger partial charge in [-0.15, -0.1) is 0 Å². The lowest BCUT2D eigenvalue weighted by Crippen LogP contribution is -2.03. The van der Waals surface area contributed by atoms with E-state index in [1.54, 1.807) is 0 Å². The van der Waals surface area contributed by atoms with E-state index in [1.165, 1.54) is 89.9 Å². The highest BCUT2D eigenvalue weighted by molar-refractivity contribution is 4.66. The van der Waals surface area contributed by atoms with E-state index < -0.39 is 0 Å². The van der Waals surface area contributed by atoms with Crippen LogP contribution < -0.4 is 0 Å². The average Bonchev–Trinajstić information content (AvgIpc) is 2.51. The molecule has 0 saturated carbocycles. The lowest BCUT2D eigenvalue weighted by molar-refractivity contribution is 0.481. The van der Waals surface area contributed by atoms with Crippen molar-refractivity contribution in [1.29, 1.82) is 0 Å². The van der Waals surface area contributed by atoms with Gasteiger partial charge < -0.3 is 0 Å². The standard InChI is InChI=1S/C19H39NO/c1-3-5-7-9-11-13-15-17-19(20-21)18-16-14-12-10-8-6-4-2/h19H,3-18H2,1-2H3. The van der Waals surface area contributed by atoms with E-state index in [2.05, 4.69) is 19.0 Å². The summed E-state index contributed by atoms with van der Waals surface area (Å²) in [5, 5.41) is 3.33. The first-order valence-electron chi connectivity index (χ1n) is 9.67. The van der Waals surface area contributed by atoms with Gasteiger partial charge >= 0.3 is 0 Å². The van der Waals surface area contributed by atoms with Crippen LogP contribution in [0.15, 0.2) is 5.18 Å². The van der Waals surface area contributed by atoms with Crippen LogP contribution in [0.4, 0.5) is 0 Å². The molecule has 0 aliphatic rings. The van der Waals surface area contributed by atoms with Crippen LogP contribution in [0.5, 0.6) is 0 Å². The van der Waals surface area contributed by atoms with Gasteiger partial charge in [0.2, 0.25) is 0 Å². The fourth-order valence-electron chi connectivity index (χ4n) is 2.92. The predicted molar refractivity (Wildman–Crippen MR) is 94.8 cm³/mol. The molecule has 0 spiro atoms. The third kappa shape index (κ3) is 15.8. The smallest absolute Gasteiger partial charge is 0.0919 e. The molecular weight excluding hydrogens is 258 g/mol. The largest absolute Gasteiger partial charge is 0.151 e. The van der Waals surface area contributed by atoms with Crippen LogP contribution in [0.1, 0.15) is 117 Å². The zero-order valence-electron chi connectivity index (χ0n) is 14.7. The Morgan fingerprint density at radius 3 is 1.24 bits per heavy atom. The van der Waals surface area contributed by atoms with Crippen molar-refractivity contribution in [3.05, 3.63) is 4.91 Å². The zero-order chi connectivity index (χ0) is 15.6. The summed E-state index contributed by atoms with van der Waals surface area (Å²) in [5.74, 6) is 0. The van der Waals surface area contributed by atoms with E-state index >= 15 is 0 Å². The second-order valence-corrected chi connectivity index (χ2v) is 6.58. The van der Waals surface area contributed by atoms with Crippen molar-refractivity contribution in [2.45, 2.75) is 123 Å². The van der Waals surface area contributed by atoms with Crippen molar-refractivity contribution in [3.63, 3.8) is 0 Å². The number of nitrogens with zero attached hydrogens (tertiary/aromatic N) is 1. The minimum atomic E-state index is 0.0938. The molecule has 0 bridgehead atoms. The molecule has 0 aromatic carbocycles. The zero-order valence-corrected chi connectivity index (χ0v) is 14.7. The molecule has 0 atom stereocenters. The van der Waals surface area contributed by atoms with Gasteiger partial charge in [-0.2, -0.15) is 4.91 Å². The molecule has 0 aliphatic heterocycles. The average molecular weight is 298 g/mol. The molecule has 2 heteroatoms. The number of hydrogen-bond donors (Lipinski definition) is 0. The number of rotatable bonds is 17. The second-order valence-electron chi connectivity index (χ2n) is 6.58. The molecule has 2 nitrogen and oxygen atoms in total. The number of hydrogen-bond acceptors (Lipinski definition) is 2. The van der Waals surface area contributed by atoms with Gasteiger partial charge in [-0.1, -0.05) is 109 Å². The Morgan fingerprint density at radius 2 is 0.905 bits per heavy atom. The van der Waals surface area contributed by atoms with Crippen LogP contribution in [-0.4, -0.2) is 6.04 Å². The Bertz CT molecular complexity index is 188. The van der Waals surface area contributed by atoms with Gasteiger partial charge in [0.05, 0.1) is 6.04 Å². The molecule has 0 amide bonds. The molecule has 0 saturated heterocycles. The van der Waals surface area contributed by atoms with E-state index in [1.807, 2.05) is 0 Å². The van der Waals surface area contributed by atoms with Crippen LogP contribution in [0.3, 0.4) is 0 Å². The molecule has 0 aliphatic carbocycles. The minimum absolute atomic E-state index is 0.0938. The van der Waals surface area contributed by atoms with Crippen molar-refractivity contribution in [2.24, 2.45) is 5.18 Å². The maximum absolute atomic E-state index is 10.9. The van der Waals surface area contributed by atoms with Crippen molar-refractivity contribution >= 4 is 0 Å². The molecule has 126 valence electrons. The SMILES string of the molecule is CCCCCCCCCC(CCCCCCCCC)N=O. The molecule has 0 radical (unpaired) electrons. The van der Waals surface area contributed by atoms with Gasteiger partial charge in [-0.25, -0.2) is 0 Å². The molecule has 0 aromatic heterocycles.